The molecule has 14 heavy (non-hydrogen) atoms. The monoisotopic (exact) mass is 203 g/mol. The summed E-state index contributed by atoms with van der Waals surface area (Å²) in [5.74, 6) is -0.379. The molecule has 0 aliphatic rings. The summed E-state index contributed by atoms with van der Waals surface area (Å²) in [6.07, 6.45) is -0.718. The molecule has 0 rings (SSSR count). The van der Waals surface area contributed by atoms with E-state index in [1.807, 2.05) is 25.7 Å². The second kappa shape index (κ2) is 5.98. The van der Waals surface area contributed by atoms with Crippen LogP contribution in [-0.2, 0) is 9.53 Å². The zero-order valence-electron chi connectivity index (χ0n) is 9.65. The molecule has 2 atom stereocenters. The van der Waals surface area contributed by atoms with E-state index in [-0.39, 0.29) is 12.0 Å². The largest absolute Gasteiger partial charge is 0.468 e. The molecule has 0 aromatic heterocycles. The van der Waals surface area contributed by atoms with Gasteiger partial charge in [0, 0.05) is 6.04 Å². The highest BCUT2D eigenvalue weighted by Crippen LogP contribution is 2.10. The topological polar surface area (TPSA) is 49.8 Å². The molecule has 0 heterocycles. The van der Waals surface area contributed by atoms with E-state index in [2.05, 4.69) is 4.74 Å². The first-order chi connectivity index (χ1) is 6.45. The van der Waals surface area contributed by atoms with Crippen LogP contribution in [0.15, 0.2) is 0 Å². The van der Waals surface area contributed by atoms with Gasteiger partial charge < -0.3 is 9.84 Å². The molecule has 0 fully saturated rings. The lowest BCUT2D eigenvalue weighted by atomic mass is 10.1. The maximum absolute atomic E-state index is 11.4. The van der Waals surface area contributed by atoms with Crippen molar-refractivity contribution in [1.29, 1.82) is 0 Å². The number of carbonyl (C=O) groups is 1. The van der Waals surface area contributed by atoms with Gasteiger partial charge in [0.15, 0.2) is 0 Å². The van der Waals surface area contributed by atoms with Crippen molar-refractivity contribution in [3.63, 3.8) is 0 Å². The molecule has 0 aliphatic heterocycles. The predicted molar refractivity (Wildman–Crippen MR) is 55.0 cm³/mol. The maximum Gasteiger partial charge on any atom is 0.325 e. The molecule has 0 saturated carbocycles. The Morgan fingerprint density at radius 1 is 1.43 bits per heavy atom. The number of likely N-dealkylation sites (N-methyl/N-ethyl adjacent to an activating group) is 1. The van der Waals surface area contributed by atoms with E-state index in [1.165, 1.54) is 7.11 Å². The molecule has 0 bridgehead atoms. The third kappa shape index (κ3) is 3.27. The van der Waals surface area contributed by atoms with Crippen LogP contribution in [0.25, 0.3) is 0 Å². The highest BCUT2D eigenvalue weighted by molar-refractivity contribution is 5.76. The first kappa shape index (κ1) is 13.4. The molecule has 0 spiro atoms. The smallest absolute Gasteiger partial charge is 0.325 e. The van der Waals surface area contributed by atoms with Crippen LogP contribution in [-0.4, -0.2) is 47.8 Å². The molecule has 0 aromatic carbocycles. The molecule has 1 N–H and O–H groups in total. The standard InChI is InChI=1S/C10H21NO3/c1-6-11(7(2)3)9(8(4)12)10(13)14-5/h7-9,12H,6H2,1-5H3/t8-,9+/m1/s1. The Morgan fingerprint density at radius 3 is 2.14 bits per heavy atom. The Kier molecular flexibility index (Phi) is 5.72. The van der Waals surface area contributed by atoms with Crippen LogP contribution in [0, 0.1) is 0 Å². The summed E-state index contributed by atoms with van der Waals surface area (Å²) < 4.78 is 4.67. The fraction of sp³-hybridized carbons (Fsp3) is 0.900. The lowest BCUT2D eigenvalue weighted by Gasteiger charge is -2.33. The van der Waals surface area contributed by atoms with Crippen molar-refractivity contribution in [2.45, 2.75) is 45.9 Å². The first-order valence-corrected chi connectivity index (χ1v) is 4.97. The van der Waals surface area contributed by atoms with Gasteiger partial charge in [-0.15, -0.1) is 0 Å². The van der Waals surface area contributed by atoms with Crippen molar-refractivity contribution in [2.24, 2.45) is 0 Å². The van der Waals surface area contributed by atoms with Gasteiger partial charge in [0.2, 0.25) is 0 Å². The number of nitrogens with zero attached hydrogens (tertiary/aromatic N) is 1. The SMILES string of the molecule is CCN(C(C)C)[C@H](C(=O)OC)[C@@H](C)O. The van der Waals surface area contributed by atoms with Crippen molar-refractivity contribution >= 4 is 5.97 Å². The minimum Gasteiger partial charge on any atom is -0.468 e. The van der Waals surface area contributed by atoms with Crippen molar-refractivity contribution in [1.82, 2.24) is 4.90 Å². The summed E-state index contributed by atoms with van der Waals surface area (Å²) in [6.45, 7) is 8.25. The number of esters is 1. The number of hydrogen-bond acceptors (Lipinski definition) is 4. The van der Waals surface area contributed by atoms with Gasteiger partial charge in [-0.1, -0.05) is 6.92 Å². The van der Waals surface area contributed by atoms with Gasteiger partial charge in [-0.2, -0.15) is 0 Å². The Bertz CT molecular complexity index is 180. The quantitative estimate of drug-likeness (QED) is 0.666. The second-order valence-electron chi connectivity index (χ2n) is 3.63. The van der Waals surface area contributed by atoms with E-state index < -0.39 is 12.1 Å². The van der Waals surface area contributed by atoms with Gasteiger partial charge in [0.25, 0.3) is 0 Å². The number of hydrogen-bond donors (Lipinski definition) is 1. The zero-order valence-corrected chi connectivity index (χ0v) is 9.65. The number of aliphatic hydroxyl groups excluding tert-OH is 1. The van der Waals surface area contributed by atoms with Crippen LogP contribution in [0.2, 0.25) is 0 Å². The minimum atomic E-state index is -0.718. The Morgan fingerprint density at radius 2 is 1.93 bits per heavy atom. The van der Waals surface area contributed by atoms with E-state index >= 15 is 0 Å². The molecule has 0 amide bonds. The van der Waals surface area contributed by atoms with Crippen LogP contribution in [0.4, 0.5) is 0 Å². The third-order valence-electron chi connectivity index (χ3n) is 2.29. The van der Waals surface area contributed by atoms with E-state index in [9.17, 15) is 9.90 Å². The Labute approximate surface area is 85.9 Å². The summed E-state index contributed by atoms with van der Waals surface area (Å²) in [7, 11) is 1.34. The summed E-state index contributed by atoms with van der Waals surface area (Å²) in [4.78, 5) is 13.3. The number of aliphatic hydroxyl groups is 1. The van der Waals surface area contributed by atoms with Crippen molar-refractivity contribution in [3.05, 3.63) is 0 Å². The fourth-order valence-electron chi connectivity index (χ4n) is 1.61. The molecule has 0 unspecified atom stereocenters. The van der Waals surface area contributed by atoms with Crippen LogP contribution in [0.3, 0.4) is 0 Å². The zero-order chi connectivity index (χ0) is 11.3. The van der Waals surface area contributed by atoms with E-state index in [0.717, 1.165) is 0 Å². The number of ether oxygens (including phenoxy) is 1. The fourth-order valence-corrected chi connectivity index (χ4v) is 1.61. The Balaban J connectivity index is 4.69. The van der Waals surface area contributed by atoms with Crippen LogP contribution >= 0.6 is 0 Å². The molecule has 0 aromatic rings. The van der Waals surface area contributed by atoms with Crippen LogP contribution < -0.4 is 0 Å². The Hall–Kier alpha value is -0.610. The summed E-state index contributed by atoms with van der Waals surface area (Å²) >= 11 is 0. The van der Waals surface area contributed by atoms with Gasteiger partial charge in [-0.25, -0.2) is 0 Å². The molecule has 4 heteroatoms. The van der Waals surface area contributed by atoms with E-state index in [4.69, 9.17) is 0 Å². The van der Waals surface area contributed by atoms with Gasteiger partial charge in [-0.05, 0) is 27.3 Å². The van der Waals surface area contributed by atoms with Gasteiger partial charge in [0.05, 0.1) is 13.2 Å². The molecule has 4 nitrogen and oxygen atoms in total. The maximum atomic E-state index is 11.4. The summed E-state index contributed by atoms with van der Waals surface area (Å²) in [6, 6.07) is -0.358. The number of rotatable bonds is 5. The van der Waals surface area contributed by atoms with Gasteiger partial charge in [0.1, 0.15) is 6.04 Å². The van der Waals surface area contributed by atoms with Crippen LogP contribution in [0.5, 0.6) is 0 Å². The van der Waals surface area contributed by atoms with Crippen molar-refractivity contribution in [3.8, 4) is 0 Å². The number of methoxy groups -OCH3 is 1. The van der Waals surface area contributed by atoms with Gasteiger partial charge in [-0.3, -0.25) is 9.69 Å². The van der Waals surface area contributed by atoms with Crippen molar-refractivity contribution in [2.75, 3.05) is 13.7 Å². The molecule has 84 valence electrons. The normalized spacial score (nSPS) is 15.7. The van der Waals surface area contributed by atoms with E-state index in [1.54, 1.807) is 6.92 Å². The summed E-state index contributed by atoms with van der Waals surface area (Å²) in [5, 5.41) is 9.52. The average Bonchev–Trinajstić information content (AvgIpc) is 2.11. The third-order valence-corrected chi connectivity index (χ3v) is 2.29. The predicted octanol–water partition coefficient (Wildman–Crippen LogP) is 0.639. The highest BCUT2D eigenvalue weighted by Gasteiger charge is 2.31. The lowest BCUT2D eigenvalue weighted by molar-refractivity contribution is -0.152. The van der Waals surface area contributed by atoms with Crippen molar-refractivity contribution < 1.29 is 14.6 Å². The molecule has 0 aliphatic carbocycles. The first-order valence-electron chi connectivity index (χ1n) is 4.97. The van der Waals surface area contributed by atoms with Gasteiger partial charge >= 0.3 is 5.97 Å². The highest BCUT2D eigenvalue weighted by atomic mass is 16.5. The molecule has 0 saturated heterocycles. The molecular weight excluding hydrogens is 182 g/mol. The minimum absolute atomic E-state index is 0.207. The lowest BCUT2D eigenvalue weighted by Crippen LogP contribution is -2.51. The summed E-state index contributed by atoms with van der Waals surface area (Å²) in [5.41, 5.74) is 0. The molecule has 0 radical (unpaired) electrons. The van der Waals surface area contributed by atoms with E-state index in [0.29, 0.717) is 6.54 Å². The second-order valence-corrected chi connectivity index (χ2v) is 3.63. The average molecular weight is 203 g/mol. The van der Waals surface area contributed by atoms with Crippen LogP contribution in [0.1, 0.15) is 27.7 Å². The number of carbonyl (C=O) groups excluding carboxylic acids is 1. The molecular formula is C10H21NO3.